The van der Waals surface area contributed by atoms with Gasteiger partial charge in [-0.05, 0) is 24.6 Å². The molecular weight excluding hydrogens is 401 g/mol. The summed E-state index contributed by atoms with van der Waals surface area (Å²) in [5.74, 6) is -0.977. The van der Waals surface area contributed by atoms with Gasteiger partial charge < -0.3 is 14.6 Å². The summed E-state index contributed by atoms with van der Waals surface area (Å²) in [6.07, 6.45) is 7.84. The Balaban J connectivity index is 2.07. The Morgan fingerprint density at radius 3 is 2.71 bits per heavy atom. The molecule has 1 aromatic heterocycles. The molecule has 3 rings (SSSR count). The highest BCUT2D eigenvalue weighted by Gasteiger charge is 2.39. The van der Waals surface area contributed by atoms with Crippen molar-refractivity contribution in [1.29, 1.82) is 0 Å². The van der Waals surface area contributed by atoms with E-state index in [1.807, 2.05) is 19.1 Å². The molecule has 0 radical (unpaired) electrons. The number of amides is 2. The molecule has 2 heterocycles. The van der Waals surface area contributed by atoms with Gasteiger partial charge in [0.1, 0.15) is 24.9 Å². The summed E-state index contributed by atoms with van der Waals surface area (Å²) in [5.41, 5.74) is 1.49. The van der Waals surface area contributed by atoms with Gasteiger partial charge >= 0.3 is 0 Å². The Morgan fingerprint density at radius 2 is 2.10 bits per heavy atom. The summed E-state index contributed by atoms with van der Waals surface area (Å²) in [7, 11) is 3.16. The van der Waals surface area contributed by atoms with Crippen LogP contribution in [0.4, 0.5) is 10.3 Å². The number of allylic oxidation sites excluding steroid dienone is 4. The number of benzene rings is 1. The first kappa shape index (κ1) is 21.9. The summed E-state index contributed by atoms with van der Waals surface area (Å²) in [6.45, 7) is 5.16. The average Bonchev–Trinajstić information content (AvgIpc) is 3.35. The second-order valence-electron chi connectivity index (χ2n) is 6.99. The largest absolute Gasteiger partial charge is 0.486 e. The van der Waals surface area contributed by atoms with Crippen molar-refractivity contribution in [3.8, 4) is 5.75 Å². The third kappa shape index (κ3) is 4.40. The van der Waals surface area contributed by atoms with Crippen LogP contribution < -0.4 is 15.4 Å². The molecule has 2 amide bonds. The molecule has 0 spiro atoms. The molecule has 162 valence electrons. The number of aromatic nitrogens is 3. The molecule has 1 aliphatic heterocycles. The number of halogens is 1. The maximum Gasteiger partial charge on any atom is 0.258 e. The van der Waals surface area contributed by atoms with Gasteiger partial charge in [-0.1, -0.05) is 30.9 Å². The van der Waals surface area contributed by atoms with Gasteiger partial charge in [0, 0.05) is 25.2 Å². The normalized spacial score (nSPS) is 17.5. The molecule has 0 saturated carbocycles. The molecule has 9 heteroatoms. The third-order valence-electron chi connectivity index (χ3n) is 4.93. The van der Waals surface area contributed by atoms with Crippen molar-refractivity contribution in [2.45, 2.75) is 18.9 Å². The maximum absolute atomic E-state index is 13.8. The Bertz CT molecular complexity index is 1070. The average molecular weight is 425 g/mol. The van der Waals surface area contributed by atoms with Crippen molar-refractivity contribution in [3.05, 3.63) is 71.6 Å². The van der Waals surface area contributed by atoms with Gasteiger partial charge in [-0.3, -0.25) is 14.9 Å². The number of carbonyl (C=O) groups excluding carboxylic acids is 2. The van der Waals surface area contributed by atoms with E-state index in [4.69, 9.17) is 4.74 Å². The van der Waals surface area contributed by atoms with Gasteiger partial charge in [0.15, 0.2) is 0 Å². The lowest BCUT2D eigenvalue weighted by molar-refractivity contribution is 0.0955. The Morgan fingerprint density at radius 1 is 1.32 bits per heavy atom. The van der Waals surface area contributed by atoms with Crippen LogP contribution in [0.25, 0.3) is 0 Å². The first-order valence-corrected chi connectivity index (χ1v) is 9.67. The van der Waals surface area contributed by atoms with E-state index in [0.717, 1.165) is 0 Å². The molecule has 1 aromatic carbocycles. The highest BCUT2D eigenvalue weighted by Crippen LogP contribution is 2.45. The zero-order chi connectivity index (χ0) is 22.5. The zero-order valence-electron chi connectivity index (χ0n) is 17.6. The number of nitrogens with one attached hydrogen (secondary N) is 2. The van der Waals surface area contributed by atoms with Crippen LogP contribution in [0, 0.1) is 0 Å². The van der Waals surface area contributed by atoms with Crippen LogP contribution in [0.2, 0.25) is 0 Å². The lowest BCUT2D eigenvalue weighted by atomic mass is 9.86. The molecule has 0 unspecified atom stereocenters. The number of aryl methyl sites for hydroxylation is 1. The number of hydrogen-bond donors (Lipinski definition) is 2. The number of nitrogens with zero attached hydrogens (tertiary/aromatic N) is 3. The monoisotopic (exact) mass is 425 g/mol. The van der Waals surface area contributed by atoms with Crippen molar-refractivity contribution in [2.24, 2.45) is 7.05 Å². The Hall–Kier alpha value is -3.75. The number of carbonyl (C=O) groups is 2. The van der Waals surface area contributed by atoms with Crippen LogP contribution in [0.15, 0.2) is 54.9 Å². The number of alkyl halides is 1. The van der Waals surface area contributed by atoms with Gasteiger partial charge in [0.05, 0.1) is 11.5 Å². The Labute approximate surface area is 179 Å². The van der Waals surface area contributed by atoms with Crippen LogP contribution in [0.3, 0.4) is 0 Å². The summed E-state index contributed by atoms with van der Waals surface area (Å²) in [5, 5.41) is 12.7. The molecule has 2 N–H and O–H groups in total. The van der Waals surface area contributed by atoms with E-state index in [1.165, 1.54) is 19.4 Å². The first-order valence-electron chi connectivity index (χ1n) is 9.67. The highest BCUT2D eigenvalue weighted by atomic mass is 19.1. The van der Waals surface area contributed by atoms with Gasteiger partial charge in [-0.15, -0.1) is 10.2 Å². The summed E-state index contributed by atoms with van der Waals surface area (Å²) in [4.78, 5) is 25.4. The molecule has 0 bridgehead atoms. The fourth-order valence-electron chi connectivity index (χ4n) is 3.39. The lowest BCUT2D eigenvalue weighted by Gasteiger charge is -2.16. The van der Waals surface area contributed by atoms with Gasteiger partial charge in [0.2, 0.25) is 5.95 Å². The van der Waals surface area contributed by atoms with E-state index >= 15 is 0 Å². The molecule has 0 saturated heterocycles. The minimum absolute atomic E-state index is 0.147. The van der Waals surface area contributed by atoms with Crippen LogP contribution in [0.5, 0.6) is 5.75 Å². The van der Waals surface area contributed by atoms with Crippen LogP contribution >= 0.6 is 0 Å². The second kappa shape index (κ2) is 9.38. The molecule has 8 nitrogen and oxygen atoms in total. The predicted molar refractivity (Wildman–Crippen MR) is 115 cm³/mol. The molecular formula is C22H24FN5O3. The van der Waals surface area contributed by atoms with Crippen LogP contribution in [-0.4, -0.2) is 46.4 Å². The first-order chi connectivity index (χ1) is 14.9. The summed E-state index contributed by atoms with van der Waals surface area (Å²) >= 11 is 0. The van der Waals surface area contributed by atoms with E-state index in [2.05, 4.69) is 27.4 Å². The lowest BCUT2D eigenvalue weighted by Crippen LogP contribution is -2.22. The zero-order valence-corrected chi connectivity index (χ0v) is 17.6. The Kier molecular flexibility index (Phi) is 6.64. The fourth-order valence-corrected chi connectivity index (χ4v) is 3.39. The van der Waals surface area contributed by atoms with Crippen molar-refractivity contribution in [1.82, 2.24) is 20.1 Å². The van der Waals surface area contributed by atoms with Gasteiger partial charge in [-0.2, -0.15) is 0 Å². The molecule has 2 aromatic rings. The number of anilines is 1. The van der Waals surface area contributed by atoms with Gasteiger partial charge in [-0.25, -0.2) is 4.39 Å². The standard InChI is InChI=1S/C22H24FN5O3/c1-5-6-7-8-13(2)18-15-9-14(20(29)26-22-27-25-12-28(22)4)10-16(21(30)24-3)19(15)31-17(18)11-23/h5-10,12,17-18H,2,11H2,1,3-4H3,(H,24,30)(H,26,27,29)/b6-5-,8-7-/t17-,18+/m0/s1. The molecule has 2 atom stereocenters. The summed E-state index contributed by atoms with van der Waals surface area (Å²) in [6, 6.07) is 3.02. The minimum atomic E-state index is -0.849. The second-order valence-corrected chi connectivity index (χ2v) is 6.99. The van der Waals surface area contributed by atoms with Crippen molar-refractivity contribution >= 4 is 17.8 Å². The topological polar surface area (TPSA) is 98.1 Å². The smallest absolute Gasteiger partial charge is 0.258 e. The predicted octanol–water partition coefficient (Wildman–Crippen LogP) is 2.93. The van der Waals surface area contributed by atoms with Gasteiger partial charge in [0.25, 0.3) is 11.8 Å². The SMILES string of the molecule is C=C(/C=C\C=C/C)[C@@H]1c2cc(C(=O)Nc3nncn3C)cc(C(=O)NC)c2O[C@H]1CF. The number of fused-ring (bicyclic) bond motifs is 1. The van der Waals surface area contributed by atoms with Crippen molar-refractivity contribution < 1.29 is 18.7 Å². The molecule has 1 aliphatic rings. The van der Waals surface area contributed by atoms with Crippen LogP contribution in [-0.2, 0) is 7.05 Å². The molecule has 31 heavy (non-hydrogen) atoms. The van der Waals surface area contributed by atoms with E-state index in [0.29, 0.717) is 11.1 Å². The quantitative estimate of drug-likeness (QED) is 0.665. The van der Waals surface area contributed by atoms with E-state index in [9.17, 15) is 14.0 Å². The fraction of sp³-hybridized carbons (Fsp3) is 0.273. The van der Waals surface area contributed by atoms with E-state index in [-0.39, 0.29) is 22.8 Å². The number of rotatable bonds is 7. The molecule has 0 aliphatic carbocycles. The number of ether oxygens (including phenoxy) is 1. The maximum atomic E-state index is 13.8. The number of hydrogen-bond acceptors (Lipinski definition) is 5. The van der Waals surface area contributed by atoms with Crippen molar-refractivity contribution in [2.75, 3.05) is 19.0 Å². The highest BCUT2D eigenvalue weighted by molar-refractivity contribution is 6.07. The van der Waals surface area contributed by atoms with Crippen LogP contribution in [0.1, 0.15) is 39.1 Å². The van der Waals surface area contributed by atoms with E-state index < -0.39 is 30.5 Å². The van der Waals surface area contributed by atoms with E-state index in [1.54, 1.807) is 29.8 Å². The summed E-state index contributed by atoms with van der Waals surface area (Å²) < 4.78 is 21.2. The minimum Gasteiger partial charge on any atom is -0.486 e. The third-order valence-corrected chi connectivity index (χ3v) is 4.93. The molecule has 0 fully saturated rings. The van der Waals surface area contributed by atoms with Crippen molar-refractivity contribution in [3.63, 3.8) is 0 Å².